The average Bonchev–Trinajstić information content (AvgIpc) is 2.64. The molecule has 0 saturated carbocycles. The van der Waals surface area contributed by atoms with Gasteiger partial charge in [0.05, 0.1) is 22.2 Å². The Morgan fingerprint density at radius 1 is 0.885 bits per heavy atom. The smallest absolute Gasteiger partial charge is 0.269 e. The molecule has 0 amide bonds. The summed E-state index contributed by atoms with van der Waals surface area (Å²) in [7, 11) is 0. The van der Waals surface area contributed by atoms with Crippen molar-refractivity contribution in [1.82, 2.24) is 0 Å². The normalized spacial score (nSPS) is 22.8. The maximum Gasteiger partial charge on any atom is 0.269 e. The van der Waals surface area contributed by atoms with E-state index in [-0.39, 0.29) is 35.2 Å². The number of benzene rings is 2. The average molecular weight is 356 g/mol. The van der Waals surface area contributed by atoms with E-state index in [1.807, 2.05) is 6.92 Å². The Bertz CT molecular complexity index is 848. The molecule has 8 heteroatoms. The number of carbonyl (C=O) groups is 1. The van der Waals surface area contributed by atoms with E-state index in [9.17, 15) is 25.0 Å². The zero-order valence-electron chi connectivity index (χ0n) is 14.1. The van der Waals surface area contributed by atoms with E-state index in [1.165, 1.54) is 24.3 Å². The van der Waals surface area contributed by atoms with Crippen LogP contribution in [0, 0.1) is 26.1 Å². The first kappa shape index (κ1) is 17.7. The van der Waals surface area contributed by atoms with Gasteiger partial charge in [-0.15, -0.1) is 0 Å². The molecule has 1 aliphatic rings. The van der Waals surface area contributed by atoms with Crippen LogP contribution in [0.1, 0.15) is 36.6 Å². The number of nitrogens with zero attached hydrogens (tertiary/aromatic N) is 2. The lowest BCUT2D eigenvalue weighted by atomic mass is 9.82. The lowest BCUT2D eigenvalue weighted by molar-refractivity contribution is -0.742. The Kier molecular flexibility index (Phi) is 4.77. The van der Waals surface area contributed by atoms with Gasteiger partial charge in [0.25, 0.3) is 11.4 Å². The number of hydrogen-bond donors (Lipinski definition) is 1. The highest BCUT2D eigenvalue weighted by atomic mass is 16.6. The third-order valence-corrected chi connectivity index (χ3v) is 4.93. The quantitative estimate of drug-likeness (QED) is 0.666. The van der Waals surface area contributed by atoms with E-state index in [1.54, 1.807) is 24.3 Å². The topological polar surface area (TPSA) is 120 Å². The van der Waals surface area contributed by atoms with Crippen molar-refractivity contribution in [2.24, 2.45) is 5.92 Å². The fourth-order valence-corrected chi connectivity index (χ4v) is 3.38. The maximum absolute atomic E-state index is 12.5. The number of Topliss-reactive ketones (excluding diaryl/α,β-unsaturated/α-hetero) is 1. The molecule has 26 heavy (non-hydrogen) atoms. The summed E-state index contributed by atoms with van der Waals surface area (Å²) in [6, 6.07) is 12.2. The van der Waals surface area contributed by atoms with Gasteiger partial charge in [-0.3, -0.25) is 25.0 Å². The van der Waals surface area contributed by atoms with Crippen LogP contribution in [0.3, 0.4) is 0 Å². The standard InChI is InChI=1S/C18H17N3O5/c1-11-17(22)10-16(12-2-6-14(7-3-12)20(23)24)19-18(11)13-4-8-15(9-5-13)21(25)26/h2-9,11,16,18-19H,10H2,1H3/p+1/t11-,16-,18+/m1/s1. The molecular weight excluding hydrogens is 338 g/mol. The summed E-state index contributed by atoms with van der Waals surface area (Å²) in [5.41, 5.74) is 1.72. The first-order valence-corrected chi connectivity index (χ1v) is 8.23. The predicted octanol–water partition coefficient (Wildman–Crippen LogP) is 2.46. The van der Waals surface area contributed by atoms with Crippen molar-refractivity contribution in [2.45, 2.75) is 25.4 Å². The lowest BCUT2D eigenvalue weighted by Gasteiger charge is -2.32. The summed E-state index contributed by atoms with van der Waals surface area (Å²) in [6.07, 6.45) is 0.350. The second-order valence-corrected chi connectivity index (χ2v) is 6.48. The van der Waals surface area contributed by atoms with Crippen LogP contribution in [0.15, 0.2) is 48.5 Å². The summed E-state index contributed by atoms with van der Waals surface area (Å²) in [5, 5.41) is 23.7. The fraction of sp³-hybridized carbons (Fsp3) is 0.278. The fourth-order valence-electron chi connectivity index (χ4n) is 3.38. The summed E-state index contributed by atoms with van der Waals surface area (Å²) in [4.78, 5) is 33.2. The number of nitro benzene ring substituents is 2. The second kappa shape index (κ2) is 7.01. The number of nitrogens with two attached hydrogens (primary N) is 1. The molecule has 3 atom stereocenters. The summed E-state index contributed by atoms with van der Waals surface area (Å²) < 4.78 is 0. The van der Waals surface area contributed by atoms with Crippen LogP contribution in [-0.2, 0) is 4.79 Å². The van der Waals surface area contributed by atoms with Gasteiger partial charge in [0.15, 0.2) is 0 Å². The van der Waals surface area contributed by atoms with Gasteiger partial charge < -0.3 is 5.32 Å². The molecule has 3 rings (SSSR count). The molecule has 0 radical (unpaired) electrons. The summed E-state index contributed by atoms with van der Waals surface area (Å²) >= 11 is 0. The van der Waals surface area contributed by atoms with Gasteiger partial charge in [-0.25, -0.2) is 0 Å². The number of ketones is 1. The second-order valence-electron chi connectivity index (χ2n) is 6.48. The Morgan fingerprint density at radius 3 is 1.81 bits per heavy atom. The van der Waals surface area contributed by atoms with Crippen molar-refractivity contribution >= 4 is 17.2 Å². The zero-order valence-corrected chi connectivity index (χ0v) is 14.1. The number of rotatable bonds is 4. The molecule has 0 unspecified atom stereocenters. The van der Waals surface area contributed by atoms with Crippen LogP contribution in [0.5, 0.6) is 0 Å². The molecule has 2 N–H and O–H groups in total. The Morgan fingerprint density at radius 2 is 1.35 bits per heavy atom. The Labute approximate surface area is 149 Å². The third kappa shape index (κ3) is 3.45. The van der Waals surface area contributed by atoms with Gasteiger partial charge in [0.2, 0.25) is 0 Å². The molecule has 2 aromatic rings. The Hall–Kier alpha value is -3.13. The first-order valence-electron chi connectivity index (χ1n) is 8.23. The molecule has 1 saturated heterocycles. The van der Waals surface area contributed by atoms with E-state index in [4.69, 9.17) is 0 Å². The van der Waals surface area contributed by atoms with Crippen LogP contribution in [-0.4, -0.2) is 15.6 Å². The van der Waals surface area contributed by atoms with Gasteiger partial charge in [-0.2, -0.15) is 0 Å². The van der Waals surface area contributed by atoms with Crippen LogP contribution in [0.4, 0.5) is 11.4 Å². The van der Waals surface area contributed by atoms with E-state index in [2.05, 4.69) is 5.32 Å². The number of quaternary nitrogens is 1. The van der Waals surface area contributed by atoms with Crippen LogP contribution >= 0.6 is 0 Å². The van der Waals surface area contributed by atoms with Crippen molar-refractivity contribution < 1.29 is 20.0 Å². The van der Waals surface area contributed by atoms with Gasteiger partial charge in [-0.1, -0.05) is 0 Å². The predicted molar refractivity (Wildman–Crippen MR) is 92.4 cm³/mol. The van der Waals surface area contributed by atoms with Gasteiger partial charge in [0.1, 0.15) is 17.9 Å². The summed E-state index contributed by atoms with van der Waals surface area (Å²) in [6.45, 7) is 1.86. The number of nitro groups is 2. The molecule has 0 spiro atoms. The summed E-state index contributed by atoms with van der Waals surface area (Å²) in [5.74, 6) is -0.107. The van der Waals surface area contributed by atoms with Crippen LogP contribution in [0.2, 0.25) is 0 Å². The lowest BCUT2D eigenvalue weighted by Crippen LogP contribution is -2.90. The molecule has 0 aliphatic carbocycles. The number of non-ortho nitro benzene ring substituents is 2. The SMILES string of the molecule is C[C@@H]1C(=O)C[C@H](c2ccc([N+](=O)[O-])cc2)[NH2+][C@@H]1c1ccc([N+](=O)[O-])cc1. The number of hydrogen-bond acceptors (Lipinski definition) is 5. The molecule has 1 fully saturated rings. The number of piperidine rings is 1. The first-order chi connectivity index (χ1) is 12.4. The third-order valence-electron chi connectivity index (χ3n) is 4.93. The minimum atomic E-state index is -0.457. The molecular formula is C18H18N3O5+. The minimum absolute atomic E-state index is 0.00968. The Balaban J connectivity index is 1.85. The highest BCUT2D eigenvalue weighted by Gasteiger charge is 2.38. The number of carbonyl (C=O) groups excluding carboxylic acids is 1. The molecule has 1 aliphatic heterocycles. The highest BCUT2D eigenvalue weighted by molar-refractivity contribution is 5.82. The highest BCUT2D eigenvalue weighted by Crippen LogP contribution is 2.30. The van der Waals surface area contributed by atoms with Crippen molar-refractivity contribution in [3.63, 3.8) is 0 Å². The van der Waals surface area contributed by atoms with E-state index in [0.29, 0.717) is 6.42 Å². The zero-order chi connectivity index (χ0) is 18.8. The molecule has 0 bridgehead atoms. The molecule has 2 aromatic carbocycles. The largest absolute Gasteiger partial charge is 0.333 e. The van der Waals surface area contributed by atoms with Crippen LogP contribution < -0.4 is 5.32 Å². The van der Waals surface area contributed by atoms with Gasteiger partial charge in [0, 0.05) is 35.4 Å². The molecule has 134 valence electrons. The van der Waals surface area contributed by atoms with Crippen molar-refractivity contribution in [3.05, 3.63) is 79.9 Å². The van der Waals surface area contributed by atoms with E-state index < -0.39 is 9.85 Å². The van der Waals surface area contributed by atoms with Crippen LogP contribution in [0.25, 0.3) is 0 Å². The van der Waals surface area contributed by atoms with E-state index in [0.717, 1.165) is 11.1 Å². The van der Waals surface area contributed by atoms with E-state index >= 15 is 0 Å². The molecule has 0 aromatic heterocycles. The van der Waals surface area contributed by atoms with Crippen molar-refractivity contribution in [3.8, 4) is 0 Å². The van der Waals surface area contributed by atoms with Gasteiger partial charge >= 0.3 is 0 Å². The molecule has 1 heterocycles. The van der Waals surface area contributed by atoms with Crippen molar-refractivity contribution in [1.29, 1.82) is 0 Å². The minimum Gasteiger partial charge on any atom is -0.333 e. The monoisotopic (exact) mass is 356 g/mol. The van der Waals surface area contributed by atoms with Gasteiger partial charge in [-0.05, 0) is 31.2 Å². The molecule has 8 nitrogen and oxygen atoms in total. The van der Waals surface area contributed by atoms with Crippen molar-refractivity contribution in [2.75, 3.05) is 0 Å². The maximum atomic E-state index is 12.5.